The lowest BCUT2D eigenvalue weighted by Gasteiger charge is -1.99. The number of nitrogens with two attached hydrogens (primary N) is 1. The third kappa shape index (κ3) is 3.22. The van der Waals surface area contributed by atoms with E-state index in [0.29, 0.717) is 11.3 Å². The van der Waals surface area contributed by atoms with Gasteiger partial charge in [-0.1, -0.05) is 0 Å². The number of aryl methyl sites for hydroxylation is 2. The lowest BCUT2D eigenvalue weighted by Crippen LogP contribution is -2.17. The second-order valence-corrected chi connectivity index (χ2v) is 4.35. The third-order valence-corrected chi connectivity index (χ3v) is 2.73. The van der Waals surface area contributed by atoms with E-state index >= 15 is 0 Å². The monoisotopic (exact) mass is 256 g/mol. The molecular weight excluding hydrogens is 240 g/mol. The Hall–Kier alpha value is -2.56. The van der Waals surface area contributed by atoms with Crippen molar-refractivity contribution in [1.29, 1.82) is 0 Å². The molecule has 98 valence electrons. The molecule has 4 N–H and O–H groups in total. The SMILES string of the molecule is Cc1cc(/C=N/NC(=O)c2ccc(N)cc2)c(C)[nH]1. The maximum Gasteiger partial charge on any atom is 0.271 e. The number of nitrogens with zero attached hydrogens (tertiary/aromatic N) is 1. The molecule has 0 atom stereocenters. The van der Waals surface area contributed by atoms with Gasteiger partial charge in [0, 0.05) is 28.2 Å². The zero-order valence-electron chi connectivity index (χ0n) is 10.9. The van der Waals surface area contributed by atoms with Crippen LogP contribution in [-0.4, -0.2) is 17.1 Å². The molecule has 19 heavy (non-hydrogen) atoms. The van der Waals surface area contributed by atoms with Gasteiger partial charge in [-0.3, -0.25) is 4.79 Å². The quantitative estimate of drug-likeness (QED) is 0.445. The van der Waals surface area contributed by atoms with Crippen molar-refractivity contribution >= 4 is 17.8 Å². The zero-order chi connectivity index (χ0) is 13.8. The van der Waals surface area contributed by atoms with Crippen LogP contribution in [0, 0.1) is 13.8 Å². The van der Waals surface area contributed by atoms with Crippen LogP contribution in [-0.2, 0) is 0 Å². The Morgan fingerprint density at radius 3 is 2.58 bits per heavy atom. The Kier molecular flexibility index (Phi) is 3.66. The summed E-state index contributed by atoms with van der Waals surface area (Å²) in [5.74, 6) is -0.263. The number of hydrazone groups is 1. The second-order valence-electron chi connectivity index (χ2n) is 4.35. The summed E-state index contributed by atoms with van der Waals surface area (Å²) in [6.45, 7) is 3.92. The van der Waals surface area contributed by atoms with E-state index in [9.17, 15) is 4.79 Å². The van der Waals surface area contributed by atoms with E-state index in [1.165, 1.54) is 0 Å². The van der Waals surface area contributed by atoms with Crippen molar-refractivity contribution < 1.29 is 4.79 Å². The molecule has 2 aromatic rings. The van der Waals surface area contributed by atoms with Crippen LogP contribution in [0.25, 0.3) is 0 Å². The number of amides is 1. The molecular formula is C14H16N4O. The largest absolute Gasteiger partial charge is 0.399 e. The highest BCUT2D eigenvalue weighted by atomic mass is 16.2. The number of aromatic nitrogens is 1. The van der Waals surface area contributed by atoms with E-state index in [4.69, 9.17) is 5.73 Å². The van der Waals surface area contributed by atoms with Gasteiger partial charge in [-0.15, -0.1) is 0 Å². The highest BCUT2D eigenvalue weighted by molar-refractivity contribution is 5.95. The summed E-state index contributed by atoms with van der Waals surface area (Å²) in [6, 6.07) is 8.64. The van der Waals surface area contributed by atoms with Gasteiger partial charge in [0.1, 0.15) is 0 Å². The van der Waals surface area contributed by atoms with Crippen LogP contribution in [0.3, 0.4) is 0 Å². The molecule has 0 aliphatic heterocycles. The predicted octanol–water partition coefficient (Wildman–Crippen LogP) is 1.98. The van der Waals surface area contributed by atoms with Crippen molar-refractivity contribution in [1.82, 2.24) is 10.4 Å². The Labute approximate surface area is 111 Å². The number of hydrogen-bond acceptors (Lipinski definition) is 3. The number of aromatic amines is 1. The zero-order valence-corrected chi connectivity index (χ0v) is 10.9. The van der Waals surface area contributed by atoms with E-state index in [0.717, 1.165) is 17.0 Å². The number of hydrogen-bond donors (Lipinski definition) is 3. The fraction of sp³-hybridized carbons (Fsp3) is 0.143. The summed E-state index contributed by atoms with van der Waals surface area (Å²) in [5.41, 5.74) is 12.2. The standard InChI is InChI=1S/C14H16N4O/c1-9-7-12(10(2)17-9)8-16-18-14(19)11-3-5-13(15)6-4-11/h3-8,17H,15H2,1-2H3,(H,18,19)/b16-8+. The molecule has 0 fully saturated rings. The highest BCUT2D eigenvalue weighted by Gasteiger charge is 2.03. The fourth-order valence-electron chi connectivity index (χ4n) is 1.74. The van der Waals surface area contributed by atoms with E-state index < -0.39 is 0 Å². The minimum absolute atomic E-state index is 0.263. The first kappa shape index (κ1) is 12.9. The van der Waals surface area contributed by atoms with Crippen molar-refractivity contribution in [2.75, 3.05) is 5.73 Å². The Bertz CT molecular complexity index is 611. The first-order valence-corrected chi connectivity index (χ1v) is 5.91. The van der Waals surface area contributed by atoms with E-state index in [1.54, 1.807) is 30.5 Å². The summed E-state index contributed by atoms with van der Waals surface area (Å²) in [6.07, 6.45) is 1.62. The number of H-pyrrole nitrogens is 1. The molecule has 1 amide bonds. The van der Waals surface area contributed by atoms with Gasteiger partial charge in [-0.2, -0.15) is 5.10 Å². The smallest absolute Gasteiger partial charge is 0.271 e. The highest BCUT2D eigenvalue weighted by Crippen LogP contribution is 2.07. The normalized spacial score (nSPS) is 10.8. The number of nitrogen functional groups attached to an aromatic ring is 1. The molecule has 0 radical (unpaired) electrons. The lowest BCUT2D eigenvalue weighted by molar-refractivity contribution is 0.0955. The topological polar surface area (TPSA) is 83.3 Å². The first-order valence-electron chi connectivity index (χ1n) is 5.91. The first-order chi connectivity index (χ1) is 9.06. The average molecular weight is 256 g/mol. The Morgan fingerprint density at radius 2 is 2.00 bits per heavy atom. The molecule has 0 aliphatic rings. The van der Waals surface area contributed by atoms with E-state index in [-0.39, 0.29) is 5.91 Å². The summed E-state index contributed by atoms with van der Waals surface area (Å²) < 4.78 is 0. The molecule has 0 unspecified atom stereocenters. The number of carbonyl (C=O) groups excluding carboxylic acids is 1. The Balaban J connectivity index is 2.00. The number of carbonyl (C=O) groups is 1. The molecule has 0 bridgehead atoms. The predicted molar refractivity (Wildman–Crippen MR) is 76.2 cm³/mol. The maximum atomic E-state index is 11.8. The van der Waals surface area contributed by atoms with Crippen molar-refractivity contribution in [2.24, 2.45) is 5.10 Å². The van der Waals surface area contributed by atoms with Crippen molar-refractivity contribution in [3.8, 4) is 0 Å². The second kappa shape index (κ2) is 5.39. The molecule has 0 spiro atoms. The molecule has 5 heteroatoms. The van der Waals surface area contributed by atoms with Crippen LogP contribution in [0.4, 0.5) is 5.69 Å². The van der Waals surface area contributed by atoms with Crippen LogP contribution in [0.15, 0.2) is 35.4 Å². The van der Waals surface area contributed by atoms with Gasteiger partial charge < -0.3 is 10.7 Å². The molecule has 0 saturated heterocycles. The van der Waals surface area contributed by atoms with Gasteiger partial charge in [-0.25, -0.2) is 5.43 Å². The number of anilines is 1. The van der Waals surface area contributed by atoms with Crippen LogP contribution in [0.2, 0.25) is 0 Å². The van der Waals surface area contributed by atoms with Gasteiger partial charge in [0.05, 0.1) is 6.21 Å². The third-order valence-electron chi connectivity index (χ3n) is 2.73. The van der Waals surface area contributed by atoms with Crippen molar-refractivity contribution in [2.45, 2.75) is 13.8 Å². The van der Waals surface area contributed by atoms with Gasteiger partial charge in [0.25, 0.3) is 5.91 Å². The summed E-state index contributed by atoms with van der Waals surface area (Å²) in [5, 5.41) is 3.94. The van der Waals surface area contributed by atoms with E-state index in [1.807, 2.05) is 19.9 Å². The molecule has 0 aliphatic carbocycles. The van der Waals surface area contributed by atoms with Gasteiger partial charge in [0.15, 0.2) is 0 Å². The van der Waals surface area contributed by atoms with E-state index in [2.05, 4.69) is 15.5 Å². The molecule has 2 rings (SSSR count). The molecule has 1 aromatic heterocycles. The van der Waals surface area contributed by atoms with Gasteiger partial charge in [-0.05, 0) is 44.2 Å². The lowest BCUT2D eigenvalue weighted by atomic mass is 10.2. The minimum atomic E-state index is -0.263. The van der Waals surface area contributed by atoms with Crippen LogP contribution in [0.1, 0.15) is 27.3 Å². The van der Waals surface area contributed by atoms with Crippen LogP contribution < -0.4 is 11.2 Å². The van der Waals surface area contributed by atoms with Crippen molar-refractivity contribution in [3.05, 3.63) is 52.8 Å². The summed E-state index contributed by atoms with van der Waals surface area (Å²) in [7, 11) is 0. The van der Waals surface area contributed by atoms with Crippen molar-refractivity contribution in [3.63, 3.8) is 0 Å². The Morgan fingerprint density at radius 1 is 1.32 bits per heavy atom. The van der Waals surface area contributed by atoms with Crippen LogP contribution in [0.5, 0.6) is 0 Å². The minimum Gasteiger partial charge on any atom is -0.399 e. The average Bonchev–Trinajstić information content (AvgIpc) is 2.68. The molecule has 5 nitrogen and oxygen atoms in total. The van der Waals surface area contributed by atoms with Crippen LogP contribution >= 0.6 is 0 Å². The number of nitrogens with one attached hydrogen (secondary N) is 2. The van der Waals surface area contributed by atoms with Gasteiger partial charge >= 0.3 is 0 Å². The van der Waals surface area contributed by atoms with Gasteiger partial charge in [0.2, 0.25) is 0 Å². The fourth-order valence-corrected chi connectivity index (χ4v) is 1.74. The molecule has 0 saturated carbocycles. The summed E-state index contributed by atoms with van der Waals surface area (Å²) >= 11 is 0. The number of benzene rings is 1. The number of rotatable bonds is 3. The summed E-state index contributed by atoms with van der Waals surface area (Å²) in [4.78, 5) is 14.9. The molecule has 1 heterocycles. The maximum absolute atomic E-state index is 11.8. The molecule has 1 aromatic carbocycles.